The molecule has 2 saturated heterocycles. The highest BCUT2D eigenvalue weighted by Gasteiger charge is 2.50. The Morgan fingerprint density at radius 3 is 2.89 bits per heavy atom. The molecule has 0 aromatic carbocycles. The molecule has 2 aliphatic rings. The van der Waals surface area contributed by atoms with Gasteiger partial charge >= 0.3 is 5.97 Å². The van der Waals surface area contributed by atoms with Gasteiger partial charge in [-0.1, -0.05) is 0 Å². The summed E-state index contributed by atoms with van der Waals surface area (Å²) in [5.41, 5.74) is 1.85. The van der Waals surface area contributed by atoms with Crippen LogP contribution in [0.3, 0.4) is 0 Å². The number of carbonyl (C=O) groups is 2. The first-order valence-electron chi connectivity index (χ1n) is 9.20. The van der Waals surface area contributed by atoms with Gasteiger partial charge in [0.05, 0.1) is 11.1 Å². The Balaban J connectivity index is 1.39. The number of carbonyl (C=O) groups excluding carboxylic acids is 2. The predicted molar refractivity (Wildman–Crippen MR) is 103 cm³/mol. The molecule has 2 fully saturated rings. The van der Waals surface area contributed by atoms with Crippen molar-refractivity contribution >= 4 is 23.2 Å². The van der Waals surface area contributed by atoms with E-state index in [0.29, 0.717) is 31.6 Å². The fourth-order valence-corrected chi connectivity index (χ4v) is 4.70. The van der Waals surface area contributed by atoms with Crippen molar-refractivity contribution in [3.05, 3.63) is 28.6 Å². The Labute approximate surface area is 162 Å². The molecule has 4 heterocycles. The summed E-state index contributed by atoms with van der Waals surface area (Å²) in [5.74, 6) is -0.155. The Morgan fingerprint density at radius 2 is 2.22 bits per heavy atom. The van der Waals surface area contributed by atoms with Crippen LogP contribution in [0.25, 0.3) is 11.3 Å². The number of hydrogen-bond acceptors (Lipinski definition) is 6. The lowest BCUT2D eigenvalue weighted by molar-refractivity contribution is -0.150. The average molecular weight is 388 g/mol. The van der Waals surface area contributed by atoms with E-state index in [0.717, 1.165) is 24.2 Å². The first-order chi connectivity index (χ1) is 13.0. The third kappa shape index (κ3) is 3.51. The van der Waals surface area contributed by atoms with Gasteiger partial charge in [-0.15, -0.1) is 0 Å². The van der Waals surface area contributed by atoms with Crippen LogP contribution in [0.2, 0.25) is 0 Å². The first-order valence-corrected chi connectivity index (χ1v) is 10.1. The van der Waals surface area contributed by atoms with Gasteiger partial charge in [0.15, 0.2) is 0 Å². The molecule has 1 spiro atoms. The van der Waals surface area contributed by atoms with Crippen molar-refractivity contribution in [1.82, 2.24) is 20.0 Å². The zero-order valence-electron chi connectivity index (χ0n) is 15.6. The summed E-state index contributed by atoms with van der Waals surface area (Å²) < 4.78 is 5.59. The third-order valence-electron chi connectivity index (χ3n) is 5.53. The van der Waals surface area contributed by atoms with Gasteiger partial charge in [0.1, 0.15) is 11.8 Å². The minimum atomic E-state index is -0.423. The topological polar surface area (TPSA) is 78.5 Å². The molecule has 1 amide bonds. The monoisotopic (exact) mass is 388 g/mol. The summed E-state index contributed by atoms with van der Waals surface area (Å²) in [6.07, 6.45) is 2.02. The molecule has 0 bridgehead atoms. The number of aromatic amines is 1. The van der Waals surface area contributed by atoms with Crippen molar-refractivity contribution in [2.24, 2.45) is 5.41 Å². The van der Waals surface area contributed by atoms with Crippen LogP contribution in [0.1, 0.15) is 29.8 Å². The molecule has 8 heteroatoms. The molecule has 0 saturated carbocycles. The maximum absolute atomic E-state index is 12.8. The van der Waals surface area contributed by atoms with Crippen LogP contribution in [0, 0.1) is 5.41 Å². The van der Waals surface area contributed by atoms with Crippen molar-refractivity contribution in [3.63, 3.8) is 0 Å². The zero-order chi connectivity index (χ0) is 19.0. The molecule has 1 atom stereocenters. The smallest absolute Gasteiger partial charge is 0.312 e. The van der Waals surface area contributed by atoms with E-state index in [4.69, 9.17) is 4.74 Å². The Kier molecular flexibility index (Phi) is 4.77. The van der Waals surface area contributed by atoms with Gasteiger partial charge in [-0.05, 0) is 44.4 Å². The quantitative estimate of drug-likeness (QED) is 0.813. The molecule has 0 radical (unpaired) electrons. The van der Waals surface area contributed by atoms with E-state index in [2.05, 4.69) is 10.2 Å². The molecule has 1 N–H and O–H groups in total. The Bertz CT molecular complexity index is 822. The highest BCUT2D eigenvalue weighted by molar-refractivity contribution is 7.08. The molecule has 27 heavy (non-hydrogen) atoms. The number of likely N-dealkylation sites (N-methyl/N-ethyl adjacent to an activating group) is 1. The second-order valence-corrected chi connectivity index (χ2v) is 8.53. The van der Waals surface area contributed by atoms with E-state index in [1.807, 2.05) is 40.7 Å². The summed E-state index contributed by atoms with van der Waals surface area (Å²) in [7, 11) is 3.96. The van der Waals surface area contributed by atoms with Crippen LogP contribution < -0.4 is 0 Å². The van der Waals surface area contributed by atoms with Crippen LogP contribution in [0.5, 0.6) is 0 Å². The molecule has 1 unspecified atom stereocenters. The molecule has 2 aromatic heterocycles. The second-order valence-electron chi connectivity index (χ2n) is 7.75. The lowest BCUT2D eigenvalue weighted by Crippen LogP contribution is -2.45. The van der Waals surface area contributed by atoms with E-state index in [-0.39, 0.29) is 18.0 Å². The van der Waals surface area contributed by atoms with Crippen LogP contribution in [0.4, 0.5) is 0 Å². The molecule has 2 aromatic rings. The van der Waals surface area contributed by atoms with Crippen LogP contribution in [-0.4, -0.2) is 71.7 Å². The van der Waals surface area contributed by atoms with Crippen LogP contribution >= 0.6 is 11.3 Å². The molecule has 144 valence electrons. The third-order valence-corrected chi connectivity index (χ3v) is 6.21. The summed E-state index contributed by atoms with van der Waals surface area (Å²) in [6.45, 7) is 1.88. The largest absolute Gasteiger partial charge is 0.461 e. The summed E-state index contributed by atoms with van der Waals surface area (Å²) in [4.78, 5) is 29.1. The lowest BCUT2D eigenvalue weighted by atomic mass is 9.76. The number of esters is 1. The van der Waals surface area contributed by atoms with E-state index in [9.17, 15) is 9.59 Å². The van der Waals surface area contributed by atoms with Gasteiger partial charge in [0, 0.05) is 37.0 Å². The number of nitrogens with one attached hydrogen (secondary N) is 1. The Morgan fingerprint density at radius 1 is 1.44 bits per heavy atom. The van der Waals surface area contributed by atoms with E-state index in [1.165, 1.54) is 0 Å². The Hall–Kier alpha value is -2.19. The number of cyclic esters (lactones) is 1. The standard InChI is InChI=1S/C19H24N4O3S/c1-22(2)11-14-10-19(18(25)26-14)4-6-23(7-5-19)17(24)16-9-15(20-21-16)13-3-8-27-12-13/h3,8-9,12,14H,4-7,10-11H2,1-2H3,(H,20,21). The number of amides is 1. The van der Waals surface area contributed by atoms with Gasteiger partial charge < -0.3 is 14.5 Å². The number of likely N-dealkylation sites (tertiary alicyclic amines) is 1. The molecule has 2 aliphatic heterocycles. The van der Waals surface area contributed by atoms with Gasteiger partial charge in [-0.3, -0.25) is 14.7 Å². The number of piperidine rings is 1. The molecule has 0 aliphatic carbocycles. The number of hydrogen-bond donors (Lipinski definition) is 1. The normalized spacial score (nSPS) is 21.8. The first kappa shape index (κ1) is 18.2. The fourth-order valence-electron chi connectivity index (χ4n) is 4.05. The maximum atomic E-state index is 12.8. The number of thiophene rings is 1. The maximum Gasteiger partial charge on any atom is 0.312 e. The number of aromatic nitrogens is 2. The number of rotatable bonds is 4. The van der Waals surface area contributed by atoms with Crippen molar-refractivity contribution in [2.45, 2.75) is 25.4 Å². The van der Waals surface area contributed by atoms with Crippen molar-refractivity contribution in [2.75, 3.05) is 33.7 Å². The molecular formula is C19H24N4O3S. The zero-order valence-corrected chi connectivity index (χ0v) is 16.4. The van der Waals surface area contributed by atoms with E-state index in [1.54, 1.807) is 17.4 Å². The summed E-state index contributed by atoms with van der Waals surface area (Å²) in [6, 6.07) is 3.78. The fraction of sp³-hybridized carbons (Fsp3) is 0.526. The van der Waals surface area contributed by atoms with E-state index >= 15 is 0 Å². The number of ether oxygens (including phenoxy) is 1. The predicted octanol–water partition coefficient (Wildman–Crippen LogP) is 2.24. The van der Waals surface area contributed by atoms with Gasteiger partial charge in [0.25, 0.3) is 5.91 Å². The van der Waals surface area contributed by atoms with Gasteiger partial charge in [-0.2, -0.15) is 16.4 Å². The molecule has 7 nitrogen and oxygen atoms in total. The van der Waals surface area contributed by atoms with Crippen LogP contribution in [0.15, 0.2) is 22.9 Å². The highest BCUT2D eigenvalue weighted by atomic mass is 32.1. The van der Waals surface area contributed by atoms with Crippen LogP contribution in [-0.2, 0) is 9.53 Å². The van der Waals surface area contributed by atoms with Crippen molar-refractivity contribution < 1.29 is 14.3 Å². The highest BCUT2D eigenvalue weighted by Crippen LogP contribution is 2.43. The summed E-state index contributed by atoms with van der Waals surface area (Å²) in [5, 5.41) is 11.1. The number of nitrogens with zero attached hydrogens (tertiary/aromatic N) is 3. The van der Waals surface area contributed by atoms with Crippen molar-refractivity contribution in [1.29, 1.82) is 0 Å². The molecular weight excluding hydrogens is 364 g/mol. The SMILES string of the molecule is CN(C)CC1CC2(CCN(C(=O)c3cc(-c4ccsc4)n[nH]3)CC2)C(=O)O1. The van der Waals surface area contributed by atoms with E-state index < -0.39 is 5.41 Å². The lowest BCUT2D eigenvalue weighted by Gasteiger charge is -2.36. The molecule has 4 rings (SSSR count). The minimum absolute atomic E-state index is 0.0458. The minimum Gasteiger partial charge on any atom is -0.461 e. The number of H-pyrrole nitrogens is 1. The second kappa shape index (κ2) is 7.09. The van der Waals surface area contributed by atoms with Gasteiger partial charge in [-0.25, -0.2) is 0 Å². The van der Waals surface area contributed by atoms with Gasteiger partial charge in [0.2, 0.25) is 0 Å². The summed E-state index contributed by atoms with van der Waals surface area (Å²) >= 11 is 1.60. The van der Waals surface area contributed by atoms with Crippen molar-refractivity contribution in [3.8, 4) is 11.3 Å². The average Bonchev–Trinajstić information content (AvgIpc) is 3.36.